The average Bonchev–Trinajstić information content (AvgIpc) is 2.56. The molecule has 0 aromatic heterocycles. The quantitative estimate of drug-likeness (QED) is 0.332. The maximum atomic E-state index is 12.0. The van der Waals surface area contributed by atoms with E-state index in [9.17, 15) is 13.2 Å². The summed E-state index contributed by atoms with van der Waals surface area (Å²) in [5.74, 6) is -1.23. The van der Waals surface area contributed by atoms with Crippen LogP contribution in [0.1, 0.15) is 12.5 Å². The van der Waals surface area contributed by atoms with Gasteiger partial charge in [-0.05, 0) is 17.6 Å². The molecule has 1 fully saturated rings. The molecule has 0 amide bonds. The monoisotopic (exact) mass is 356 g/mol. The van der Waals surface area contributed by atoms with Gasteiger partial charge in [-0.2, -0.15) is 8.42 Å². The molecule has 0 bridgehead atoms. The number of rotatable bonds is 5. The van der Waals surface area contributed by atoms with Gasteiger partial charge in [0, 0.05) is 13.1 Å². The lowest BCUT2D eigenvalue weighted by Gasteiger charge is -2.27. The molecule has 0 radical (unpaired) electrons. The van der Waals surface area contributed by atoms with Crippen molar-refractivity contribution >= 4 is 21.9 Å². The zero-order chi connectivity index (χ0) is 17.4. The first-order chi connectivity index (χ1) is 11.5. The number of hydrogen-bond acceptors (Lipinski definition) is 7. The lowest BCUT2D eigenvalue weighted by atomic mass is 10.2. The zero-order valence-corrected chi connectivity index (χ0v) is 14.2. The summed E-state index contributed by atoms with van der Waals surface area (Å²) in [6.45, 7) is 3.44. The largest absolute Gasteiger partial charge is 0.460 e. The summed E-state index contributed by atoms with van der Waals surface area (Å²) in [6.07, 6.45) is 0. The van der Waals surface area contributed by atoms with Crippen LogP contribution in [-0.4, -0.2) is 58.0 Å². The van der Waals surface area contributed by atoms with Crippen molar-refractivity contribution in [1.29, 1.82) is 0 Å². The van der Waals surface area contributed by atoms with Crippen molar-refractivity contribution in [3.63, 3.8) is 0 Å². The first kappa shape index (κ1) is 18.2. The van der Waals surface area contributed by atoms with Gasteiger partial charge in [-0.25, -0.2) is 4.79 Å². The molecule has 2 rings (SSSR count). The van der Waals surface area contributed by atoms with Crippen LogP contribution in [-0.2, 0) is 34.4 Å². The number of ether oxygens (including phenoxy) is 2. The number of amidine groups is 1. The third-order valence-electron chi connectivity index (χ3n) is 3.19. The van der Waals surface area contributed by atoms with Gasteiger partial charge < -0.3 is 14.4 Å². The molecule has 1 aliphatic rings. The summed E-state index contributed by atoms with van der Waals surface area (Å²) < 4.78 is 38.9. The van der Waals surface area contributed by atoms with Crippen molar-refractivity contribution in [2.24, 2.45) is 5.16 Å². The average molecular weight is 356 g/mol. The second kappa shape index (κ2) is 8.65. The molecule has 9 heteroatoms. The molecule has 1 heterocycles. The van der Waals surface area contributed by atoms with Crippen molar-refractivity contribution in [1.82, 2.24) is 4.90 Å². The SMILES string of the molecule is CCOC(=O)C(=NOS(=O)(=O)Cc1ccccc1)N1CCOCC1. The number of oxime groups is 1. The smallest absolute Gasteiger partial charge is 0.377 e. The Morgan fingerprint density at radius 2 is 1.92 bits per heavy atom. The standard InChI is InChI=1S/C15H20N2O6S/c1-2-22-15(18)14(17-8-10-21-11-9-17)16-23-24(19,20)12-13-6-4-3-5-7-13/h3-7H,2,8-12H2,1H3. The van der Waals surface area contributed by atoms with Crippen molar-refractivity contribution in [2.45, 2.75) is 12.7 Å². The topological polar surface area (TPSA) is 94.5 Å². The molecule has 132 valence electrons. The molecule has 1 saturated heterocycles. The molecule has 0 N–H and O–H groups in total. The summed E-state index contributed by atoms with van der Waals surface area (Å²) in [6, 6.07) is 8.57. The lowest BCUT2D eigenvalue weighted by molar-refractivity contribution is -0.136. The minimum absolute atomic E-state index is 0.152. The van der Waals surface area contributed by atoms with Gasteiger partial charge in [0.2, 0.25) is 0 Å². The molecule has 1 aromatic rings. The molecular formula is C15H20N2O6S. The Morgan fingerprint density at radius 1 is 1.25 bits per heavy atom. The number of morpholine rings is 1. The number of benzene rings is 1. The summed E-state index contributed by atoms with van der Waals surface area (Å²) in [7, 11) is -3.97. The van der Waals surface area contributed by atoms with E-state index in [2.05, 4.69) is 5.16 Å². The predicted octanol–water partition coefficient (Wildman–Crippen LogP) is 0.742. The third kappa shape index (κ3) is 5.50. The van der Waals surface area contributed by atoms with Gasteiger partial charge in [0.15, 0.2) is 0 Å². The molecule has 0 saturated carbocycles. The van der Waals surface area contributed by atoms with Crippen LogP contribution in [0.3, 0.4) is 0 Å². The van der Waals surface area contributed by atoms with E-state index >= 15 is 0 Å². The van der Waals surface area contributed by atoms with Crippen LogP contribution in [0.25, 0.3) is 0 Å². The number of nitrogens with zero attached hydrogens (tertiary/aromatic N) is 2. The van der Waals surface area contributed by atoms with E-state index in [1.165, 1.54) is 0 Å². The summed E-state index contributed by atoms with van der Waals surface area (Å²) in [4.78, 5) is 13.6. The maximum Gasteiger partial charge on any atom is 0.377 e. The summed E-state index contributed by atoms with van der Waals surface area (Å²) in [5.41, 5.74) is 0.566. The summed E-state index contributed by atoms with van der Waals surface area (Å²) in [5, 5.41) is 3.56. The number of carbonyl (C=O) groups excluding carboxylic acids is 1. The zero-order valence-electron chi connectivity index (χ0n) is 13.4. The van der Waals surface area contributed by atoms with E-state index in [4.69, 9.17) is 13.8 Å². The van der Waals surface area contributed by atoms with Crippen LogP contribution in [0.5, 0.6) is 0 Å². The minimum atomic E-state index is -3.97. The molecule has 0 spiro atoms. The molecule has 1 aliphatic heterocycles. The minimum Gasteiger partial charge on any atom is -0.460 e. The first-order valence-corrected chi connectivity index (χ1v) is 9.12. The molecule has 0 unspecified atom stereocenters. The first-order valence-electron chi connectivity index (χ1n) is 7.55. The van der Waals surface area contributed by atoms with Crippen LogP contribution >= 0.6 is 0 Å². The lowest BCUT2D eigenvalue weighted by Crippen LogP contribution is -2.45. The van der Waals surface area contributed by atoms with E-state index < -0.39 is 16.1 Å². The van der Waals surface area contributed by atoms with E-state index in [1.807, 2.05) is 0 Å². The molecule has 0 aliphatic carbocycles. The van der Waals surface area contributed by atoms with Crippen LogP contribution in [0.2, 0.25) is 0 Å². The number of esters is 1. The Balaban J connectivity index is 2.11. The third-order valence-corrected chi connectivity index (χ3v) is 4.18. The van der Waals surface area contributed by atoms with Crippen LogP contribution in [0.4, 0.5) is 0 Å². The van der Waals surface area contributed by atoms with Crippen molar-refractivity contribution in [3.8, 4) is 0 Å². The number of hydrogen-bond donors (Lipinski definition) is 0. The Morgan fingerprint density at radius 3 is 2.54 bits per heavy atom. The van der Waals surface area contributed by atoms with E-state index in [1.54, 1.807) is 42.2 Å². The fourth-order valence-electron chi connectivity index (χ4n) is 2.09. The van der Waals surface area contributed by atoms with Gasteiger partial charge in [0.25, 0.3) is 5.84 Å². The van der Waals surface area contributed by atoms with Crippen molar-refractivity contribution in [3.05, 3.63) is 35.9 Å². The molecule has 24 heavy (non-hydrogen) atoms. The Labute approximate surface area is 141 Å². The molecule has 8 nitrogen and oxygen atoms in total. The summed E-state index contributed by atoms with van der Waals surface area (Å²) >= 11 is 0. The highest BCUT2D eigenvalue weighted by molar-refractivity contribution is 7.85. The van der Waals surface area contributed by atoms with Crippen molar-refractivity contribution < 1.29 is 27.0 Å². The maximum absolute atomic E-state index is 12.0. The highest BCUT2D eigenvalue weighted by Crippen LogP contribution is 2.09. The van der Waals surface area contributed by atoms with E-state index in [-0.39, 0.29) is 18.2 Å². The van der Waals surface area contributed by atoms with Gasteiger partial charge in [-0.3, -0.25) is 4.28 Å². The van der Waals surface area contributed by atoms with Gasteiger partial charge >= 0.3 is 16.1 Å². The van der Waals surface area contributed by atoms with Gasteiger partial charge in [0.1, 0.15) is 5.75 Å². The Kier molecular flexibility index (Phi) is 6.56. The van der Waals surface area contributed by atoms with Gasteiger partial charge in [0.05, 0.1) is 19.8 Å². The highest BCUT2D eigenvalue weighted by atomic mass is 32.2. The fourth-order valence-corrected chi connectivity index (χ4v) is 2.93. The van der Waals surface area contributed by atoms with Crippen LogP contribution < -0.4 is 0 Å². The molecule has 0 atom stereocenters. The van der Waals surface area contributed by atoms with Crippen LogP contribution in [0, 0.1) is 0 Å². The van der Waals surface area contributed by atoms with Gasteiger partial charge in [-0.1, -0.05) is 30.3 Å². The molecular weight excluding hydrogens is 336 g/mol. The molecule has 1 aromatic carbocycles. The van der Waals surface area contributed by atoms with Crippen LogP contribution in [0.15, 0.2) is 35.5 Å². The highest BCUT2D eigenvalue weighted by Gasteiger charge is 2.25. The van der Waals surface area contributed by atoms with E-state index in [0.717, 1.165) is 0 Å². The van der Waals surface area contributed by atoms with E-state index in [0.29, 0.717) is 31.9 Å². The second-order valence-electron chi connectivity index (χ2n) is 5.00. The normalized spacial score (nSPS) is 15.9. The Hall–Kier alpha value is -2.13. The van der Waals surface area contributed by atoms with Gasteiger partial charge in [-0.15, -0.1) is 0 Å². The Bertz CT molecular complexity index is 668. The fraction of sp³-hybridized carbons (Fsp3) is 0.467. The van der Waals surface area contributed by atoms with Crippen molar-refractivity contribution in [2.75, 3.05) is 32.9 Å². The predicted molar refractivity (Wildman–Crippen MR) is 86.6 cm³/mol. The second-order valence-corrected chi connectivity index (χ2v) is 6.55. The number of carbonyl (C=O) groups is 1.